The Hall–Kier alpha value is -1.06. The fourth-order valence-corrected chi connectivity index (χ4v) is 7.72. The van der Waals surface area contributed by atoms with Crippen LogP contribution >= 0.6 is 0 Å². The molecule has 4 fully saturated rings. The Bertz CT molecular complexity index is 496. The summed E-state index contributed by atoms with van der Waals surface area (Å²) in [6.45, 7) is 0. The lowest BCUT2D eigenvalue weighted by Crippen LogP contribution is -2.48. The molecule has 0 radical (unpaired) electrons. The number of fused-ring (bicyclic) bond motifs is 2. The van der Waals surface area contributed by atoms with Crippen molar-refractivity contribution in [2.24, 2.45) is 47.3 Å². The highest BCUT2D eigenvalue weighted by molar-refractivity contribution is 5.71. The second-order valence-corrected chi connectivity index (χ2v) is 9.60. The summed E-state index contributed by atoms with van der Waals surface area (Å²) in [5.41, 5.74) is 0. The Balaban J connectivity index is 1.56. The van der Waals surface area contributed by atoms with Crippen LogP contribution in [0.25, 0.3) is 0 Å². The minimum absolute atomic E-state index is 0.130. The predicted molar refractivity (Wildman–Crippen MR) is 98.6 cm³/mol. The third kappa shape index (κ3) is 3.18. The normalized spacial score (nSPS) is 46.0. The van der Waals surface area contributed by atoms with E-state index in [4.69, 9.17) is 0 Å². The van der Waals surface area contributed by atoms with Gasteiger partial charge >= 0.3 is 11.9 Å². The number of carbonyl (C=O) groups is 2. The Morgan fingerprint density at radius 2 is 0.769 bits per heavy atom. The van der Waals surface area contributed by atoms with E-state index in [-0.39, 0.29) is 11.8 Å². The first-order chi connectivity index (χ1) is 12.6. The Labute approximate surface area is 156 Å². The van der Waals surface area contributed by atoms with Crippen LogP contribution in [-0.4, -0.2) is 22.2 Å². The van der Waals surface area contributed by atoms with Crippen molar-refractivity contribution in [3.8, 4) is 0 Å². The van der Waals surface area contributed by atoms with Gasteiger partial charge in [0.05, 0.1) is 11.8 Å². The summed E-state index contributed by atoms with van der Waals surface area (Å²) in [6, 6.07) is 0. The summed E-state index contributed by atoms with van der Waals surface area (Å²) >= 11 is 0. The zero-order valence-electron chi connectivity index (χ0n) is 15.8. The molecule has 0 spiro atoms. The van der Waals surface area contributed by atoms with Gasteiger partial charge in [-0.05, 0) is 86.9 Å². The Kier molecular flexibility index (Phi) is 5.29. The predicted octanol–water partition coefficient (Wildman–Crippen LogP) is 4.82. The quantitative estimate of drug-likeness (QED) is 0.755. The summed E-state index contributed by atoms with van der Waals surface area (Å²) in [5, 5.41) is 19.4. The largest absolute Gasteiger partial charge is 0.481 e. The van der Waals surface area contributed by atoms with Gasteiger partial charge in [-0.15, -0.1) is 0 Å². The van der Waals surface area contributed by atoms with Gasteiger partial charge in [0.25, 0.3) is 0 Å². The summed E-state index contributed by atoms with van der Waals surface area (Å²) < 4.78 is 0. The molecule has 4 aliphatic rings. The molecule has 4 saturated carbocycles. The van der Waals surface area contributed by atoms with Crippen molar-refractivity contribution in [3.63, 3.8) is 0 Å². The van der Waals surface area contributed by atoms with Crippen molar-refractivity contribution in [1.29, 1.82) is 0 Å². The van der Waals surface area contributed by atoms with Crippen molar-refractivity contribution >= 4 is 11.9 Å². The minimum atomic E-state index is -0.578. The van der Waals surface area contributed by atoms with Crippen molar-refractivity contribution in [1.82, 2.24) is 0 Å². The van der Waals surface area contributed by atoms with Gasteiger partial charge in [-0.1, -0.05) is 25.7 Å². The molecule has 4 heteroatoms. The molecular formula is C22H34O4. The van der Waals surface area contributed by atoms with Crippen LogP contribution < -0.4 is 0 Å². The maximum absolute atomic E-state index is 11.8. The Morgan fingerprint density at radius 1 is 0.462 bits per heavy atom. The Morgan fingerprint density at radius 3 is 1.12 bits per heavy atom. The molecule has 26 heavy (non-hydrogen) atoms. The zero-order valence-corrected chi connectivity index (χ0v) is 15.8. The van der Waals surface area contributed by atoms with E-state index in [9.17, 15) is 19.8 Å². The molecule has 0 aromatic rings. The molecule has 8 atom stereocenters. The summed E-state index contributed by atoms with van der Waals surface area (Å²) in [7, 11) is 0. The van der Waals surface area contributed by atoms with E-state index in [0.717, 1.165) is 38.5 Å². The average Bonchev–Trinajstić information content (AvgIpc) is 2.66. The molecule has 0 aromatic carbocycles. The SMILES string of the molecule is O=C(O)C1CCC(C2CCC(C(=O)O)C3CCCCC32)C2CCCCC12. The molecule has 2 N–H and O–H groups in total. The first kappa shape index (κ1) is 18.3. The highest BCUT2D eigenvalue weighted by atomic mass is 16.4. The van der Waals surface area contributed by atoms with E-state index < -0.39 is 11.9 Å². The summed E-state index contributed by atoms with van der Waals surface area (Å²) in [4.78, 5) is 23.5. The minimum Gasteiger partial charge on any atom is -0.481 e. The molecule has 0 amide bonds. The van der Waals surface area contributed by atoms with E-state index in [1.54, 1.807) is 0 Å². The van der Waals surface area contributed by atoms with Crippen LogP contribution in [0, 0.1) is 47.3 Å². The number of aliphatic carboxylic acids is 2. The lowest BCUT2D eigenvalue weighted by Gasteiger charge is -2.53. The van der Waals surface area contributed by atoms with Gasteiger partial charge in [-0.3, -0.25) is 9.59 Å². The summed E-state index contributed by atoms with van der Waals surface area (Å²) in [6.07, 6.45) is 13.3. The van der Waals surface area contributed by atoms with Crippen molar-refractivity contribution in [3.05, 3.63) is 0 Å². The number of hydrogen-bond acceptors (Lipinski definition) is 2. The molecule has 4 rings (SSSR count). The molecule has 0 saturated heterocycles. The highest BCUT2D eigenvalue weighted by Crippen LogP contribution is 2.56. The fraction of sp³-hybridized carbons (Fsp3) is 0.909. The molecule has 0 bridgehead atoms. The fourth-order valence-electron chi connectivity index (χ4n) is 7.72. The van der Waals surface area contributed by atoms with Crippen LogP contribution in [0.5, 0.6) is 0 Å². The standard InChI is InChI=1S/C22H34O4/c23-21(24)19-11-9-17(13-5-1-3-7-15(13)19)18-10-12-20(22(25)26)16-8-4-2-6-14(16)18/h13-20H,1-12H2,(H,23,24)(H,25,26). The van der Waals surface area contributed by atoms with Gasteiger partial charge < -0.3 is 10.2 Å². The van der Waals surface area contributed by atoms with E-state index in [1.165, 1.54) is 38.5 Å². The van der Waals surface area contributed by atoms with Gasteiger partial charge in [0, 0.05) is 0 Å². The molecule has 146 valence electrons. The van der Waals surface area contributed by atoms with Gasteiger partial charge in [0.2, 0.25) is 0 Å². The number of hydrogen-bond donors (Lipinski definition) is 2. The van der Waals surface area contributed by atoms with Crippen LogP contribution in [-0.2, 0) is 9.59 Å². The van der Waals surface area contributed by atoms with E-state index in [1.807, 2.05) is 0 Å². The van der Waals surface area contributed by atoms with Crippen LogP contribution in [0.4, 0.5) is 0 Å². The van der Waals surface area contributed by atoms with Gasteiger partial charge in [0.1, 0.15) is 0 Å². The van der Waals surface area contributed by atoms with Crippen LogP contribution in [0.1, 0.15) is 77.0 Å². The third-order valence-electron chi connectivity index (χ3n) is 8.69. The topological polar surface area (TPSA) is 74.6 Å². The number of rotatable bonds is 3. The van der Waals surface area contributed by atoms with E-state index in [0.29, 0.717) is 35.5 Å². The molecule has 8 unspecified atom stereocenters. The van der Waals surface area contributed by atoms with Crippen molar-refractivity contribution in [2.45, 2.75) is 77.0 Å². The van der Waals surface area contributed by atoms with Crippen LogP contribution in [0.2, 0.25) is 0 Å². The van der Waals surface area contributed by atoms with Crippen LogP contribution in [0.15, 0.2) is 0 Å². The van der Waals surface area contributed by atoms with Crippen LogP contribution in [0.3, 0.4) is 0 Å². The molecule has 4 nitrogen and oxygen atoms in total. The molecule has 0 aromatic heterocycles. The lowest BCUT2D eigenvalue weighted by atomic mass is 9.51. The smallest absolute Gasteiger partial charge is 0.306 e. The molecule has 4 aliphatic carbocycles. The molecule has 0 aliphatic heterocycles. The summed E-state index contributed by atoms with van der Waals surface area (Å²) in [5.74, 6) is 1.78. The van der Waals surface area contributed by atoms with Gasteiger partial charge in [0.15, 0.2) is 0 Å². The second-order valence-electron chi connectivity index (χ2n) is 9.60. The maximum Gasteiger partial charge on any atom is 0.306 e. The monoisotopic (exact) mass is 362 g/mol. The first-order valence-corrected chi connectivity index (χ1v) is 11.0. The molecule has 0 heterocycles. The third-order valence-corrected chi connectivity index (χ3v) is 8.69. The van der Waals surface area contributed by atoms with Crippen molar-refractivity contribution < 1.29 is 19.8 Å². The zero-order chi connectivity index (χ0) is 18.3. The highest BCUT2D eigenvalue weighted by Gasteiger charge is 2.51. The second kappa shape index (κ2) is 7.52. The lowest BCUT2D eigenvalue weighted by molar-refractivity contribution is -0.154. The van der Waals surface area contributed by atoms with Gasteiger partial charge in [-0.25, -0.2) is 0 Å². The number of carboxylic acid groups (broad SMARTS) is 2. The first-order valence-electron chi connectivity index (χ1n) is 11.0. The van der Waals surface area contributed by atoms with Gasteiger partial charge in [-0.2, -0.15) is 0 Å². The number of carboxylic acids is 2. The molecular weight excluding hydrogens is 328 g/mol. The van der Waals surface area contributed by atoms with E-state index in [2.05, 4.69) is 0 Å². The average molecular weight is 363 g/mol. The van der Waals surface area contributed by atoms with E-state index >= 15 is 0 Å². The van der Waals surface area contributed by atoms with Crippen molar-refractivity contribution in [2.75, 3.05) is 0 Å². The maximum atomic E-state index is 11.8.